The molecule has 2 aliphatic heterocycles. The minimum Gasteiger partial charge on any atom is -0.469 e. The van der Waals surface area contributed by atoms with Crippen LogP contribution in [0.15, 0.2) is 48.7 Å². The molecule has 5 rings (SSSR count). The Balaban J connectivity index is 1.49. The Bertz CT molecular complexity index is 1630. The molecular formula is C32H30ClF4N3O5. The molecule has 3 heterocycles. The Morgan fingerprint density at radius 2 is 1.91 bits per heavy atom. The zero-order chi connectivity index (χ0) is 32.5. The van der Waals surface area contributed by atoms with Crippen LogP contribution in [0.1, 0.15) is 67.1 Å². The van der Waals surface area contributed by atoms with Crippen molar-refractivity contribution in [3.63, 3.8) is 0 Å². The van der Waals surface area contributed by atoms with E-state index >= 15 is 0 Å². The number of carbonyl (C=O) groups excluding carboxylic acids is 3. The number of ether oxygens (including phenoxy) is 2. The van der Waals surface area contributed by atoms with Crippen molar-refractivity contribution in [3.8, 4) is 11.1 Å². The molecule has 8 nitrogen and oxygen atoms in total. The number of carbonyl (C=O) groups is 3. The van der Waals surface area contributed by atoms with Gasteiger partial charge in [0.2, 0.25) is 5.91 Å². The van der Waals surface area contributed by atoms with Crippen molar-refractivity contribution in [2.24, 2.45) is 5.92 Å². The second kappa shape index (κ2) is 13.0. The number of hydrogen-bond donors (Lipinski definition) is 1. The molecular weight excluding hydrogens is 618 g/mol. The van der Waals surface area contributed by atoms with E-state index in [1.165, 1.54) is 12.0 Å². The molecule has 3 aromatic rings. The number of fused-ring (bicyclic) bond motifs is 4. The van der Waals surface area contributed by atoms with E-state index in [9.17, 15) is 31.9 Å². The van der Waals surface area contributed by atoms with Crippen molar-refractivity contribution < 1.29 is 41.4 Å². The second-order valence-electron chi connectivity index (χ2n) is 11.1. The summed E-state index contributed by atoms with van der Waals surface area (Å²) >= 11 is 5.81. The number of esters is 1. The fourth-order valence-electron chi connectivity index (χ4n) is 5.77. The minimum absolute atomic E-state index is 0.0144. The van der Waals surface area contributed by atoms with Gasteiger partial charge in [0.1, 0.15) is 11.9 Å². The van der Waals surface area contributed by atoms with Crippen molar-refractivity contribution in [1.82, 2.24) is 9.88 Å². The van der Waals surface area contributed by atoms with E-state index in [0.717, 1.165) is 6.07 Å². The number of pyridine rings is 1. The zero-order valence-electron chi connectivity index (χ0n) is 24.4. The summed E-state index contributed by atoms with van der Waals surface area (Å²) in [5.74, 6) is -2.33. The molecule has 0 radical (unpaired) electrons. The van der Waals surface area contributed by atoms with Crippen molar-refractivity contribution in [2.75, 3.05) is 19.0 Å². The topological polar surface area (TPSA) is 97.8 Å². The molecule has 1 unspecified atom stereocenters. The van der Waals surface area contributed by atoms with Gasteiger partial charge in [-0.15, -0.1) is 0 Å². The van der Waals surface area contributed by atoms with Crippen LogP contribution in [0.25, 0.3) is 11.1 Å². The maximum Gasteiger partial charge on any atom is 0.416 e. The van der Waals surface area contributed by atoms with E-state index in [-0.39, 0.29) is 25.3 Å². The minimum atomic E-state index is -4.89. The Hall–Kier alpha value is -4.19. The Kier molecular flexibility index (Phi) is 9.33. The number of rotatable bonds is 4. The van der Waals surface area contributed by atoms with Gasteiger partial charge in [0.05, 0.1) is 35.9 Å². The number of nitrogens with zero attached hydrogens (tertiary/aromatic N) is 2. The van der Waals surface area contributed by atoms with Crippen molar-refractivity contribution in [1.29, 1.82) is 0 Å². The van der Waals surface area contributed by atoms with Gasteiger partial charge in [-0.1, -0.05) is 37.1 Å². The second-order valence-corrected chi connectivity index (χ2v) is 11.5. The van der Waals surface area contributed by atoms with Gasteiger partial charge in [0, 0.05) is 41.9 Å². The lowest BCUT2D eigenvalue weighted by Gasteiger charge is -2.38. The smallest absolute Gasteiger partial charge is 0.416 e. The number of amides is 2. The van der Waals surface area contributed by atoms with Gasteiger partial charge in [0.25, 0.3) is 0 Å². The Labute approximate surface area is 261 Å². The number of methoxy groups -OCH3 is 1. The molecule has 2 amide bonds. The molecule has 0 spiro atoms. The summed E-state index contributed by atoms with van der Waals surface area (Å²) in [6.07, 6.45) is -4.48. The van der Waals surface area contributed by atoms with Crippen LogP contribution in [-0.4, -0.2) is 41.5 Å². The summed E-state index contributed by atoms with van der Waals surface area (Å²) in [7, 11) is 1.29. The predicted octanol–water partition coefficient (Wildman–Crippen LogP) is 7.66. The summed E-state index contributed by atoms with van der Waals surface area (Å²) in [6.45, 7) is 1.75. The highest BCUT2D eigenvalue weighted by Crippen LogP contribution is 2.43. The number of alkyl halides is 3. The van der Waals surface area contributed by atoms with Crippen molar-refractivity contribution in [3.05, 3.63) is 81.9 Å². The summed E-state index contributed by atoms with van der Waals surface area (Å²) in [5, 5.41) is 2.47. The molecule has 1 fully saturated rings. The molecule has 13 heteroatoms. The predicted molar refractivity (Wildman–Crippen MR) is 157 cm³/mol. The average molecular weight is 648 g/mol. The molecule has 45 heavy (non-hydrogen) atoms. The van der Waals surface area contributed by atoms with Crippen LogP contribution in [0.5, 0.6) is 0 Å². The van der Waals surface area contributed by atoms with E-state index in [2.05, 4.69) is 10.3 Å². The van der Waals surface area contributed by atoms with Crippen LogP contribution in [0.4, 0.5) is 28.0 Å². The largest absolute Gasteiger partial charge is 0.469 e. The SMILES string of the molecule is COC(=O)Cc1ccc2c(c1)NC(=O)[C@H](C)CCC[C@H](N1CCC(c3c(C(F)(F)F)ccc(Cl)c3F)OC1=O)c1cc-2ccn1. The van der Waals surface area contributed by atoms with E-state index in [1.54, 1.807) is 43.5 Å². The van der Waals surface area contributed by atoms with Gasteiger partial charge in [-0.05, 0) is 54.3 Å². The molecule has 1 N–H and O–H groups in total. The lowest BCUT2D eigenvalue weighted by molar-refractivity contribution is -0.140. The Morgan fingerprint density at radius 3 is 2.62 bits per heavy atom. The van der Waals surface area contributed by atoms with Crippen molar-refractivity contribution in [2.45, 2.75) is 57.3 Å². The zero-order valence-corrected chi connectivity index (χ0v) is 25.2. The van der Waals surface area contributed by atoms with Crippen LogP contribution in [-0.2, 0) is 31.7 Å². The number of hydrogen-bond acceptors (Lipinski definition) is 6. The lowest BCUT2D eigenvalue weighted by Crippen LogP contribution is -2.42. The van der Waals surface area contributed by atoms with Gasteiger partial charge >= 0.3 is 18.2 Å². The van der Waals surface area contributed by atoms with Gasteiger partial charge in [0.15, 0.2) is 0 Å². The van der Waals surface area contributed by atoms with E-state index < -0.39 is 58.3 Å². The van der Waals surface area contributed by atoms with Gasteiger partial charge in [-0.2, -0.15) is 13.2 Å². The Morgan fingerprint density at radius 1 is 1.13 bits per heavy atom. The van der Waals surface area contributed by atoms with Crippen LogP contribution in [0, 0.1) is 11.7 Å². The highest BCUT2D eigenvalue weighted by molar-refractivity contribution is 6.30. The number of halogens is 5. The first-order valence-electron chi connectivity index (χ1n) is 14.4. The highest BCUT2D eigenvalue weighted by atomic mass is 35.5. The van der Waals surface area contributed by atoms with Crippen LogP contribution in [0.3, 0.4) is 0 Å². The summed E-state index contributed by atoms with van der Waals surface area (Å²) in [6, 6.07) is 9.62. The third kappa shape index (κ3) is 6.90. The molecule has 0 saturated carbocycles. The fourth-order valence-corrected chi connectivity index (χ4v) is 5.94. The maximum atomic E-state index is 14.9. The fraction of sp³-hybridized carbons (Fsp3) is 0.375. The van der Waals surface area contributed by atoms with Gasteiger partial charge in [-0.3, -0.25) is 19.5 Å². The number of aromatic nitrogens is 1. The molecule has 2 bridgehead atoms. The van der Waals surface area contributed by atoms with Crippen LogP contribution < -0.4 is 5.32 Å². The normalized spacial score (nSPS) is 20.7. The first-order chi connectivity index (χ1) is 21.4. The maximum absolute atomic E-state index is 14.9. The van der Waals surface area contributed by atoms with Crippen LogP contribution >= 0.6 is 11.6 Å². The molecule has 3 atom stereocenters. The molecule has 1 aromatic heterocycles. The van der Waals surface area contributed by atoms with Crippen LogP contribution in [0.2, 0.25) is 5.02 Å². The van der Waals surface area contributed by atoms with E-state index in [4.69, 9.17) is 21.1 Å². The van der Waals surface area contributed by atoms with E-state index in [0.29, 0.717) is 53.4 Å². The van der Waals surface area contributed by atoms with Gasteiger partial charge in [-0.25, -0.2) is 9.18 Å². The molecule has 1 saturated heterocycles. The van der Waals surface area contributed by atoms with E-state index in [1.807, 2.05) is 0 Å². The third-order valence-electron chi connectivity index (χ3n) is 8.16. The van der Waals surface area contributed by atoms with Crippen molar-refractivity contribution >= 4 is 35.3 Å². The summed E-state index contributed by atoms with van der Waals surface area (Å²) < 4.78 is 66.5. The first kappa shape index (κ1) is 32.2. The molecule has 2 aromatic carbocycles. The quantitative estimate of drug-likeness (QED) is 0.231. The summed E-state index contributed by atoms with van der Waals surface area (Å²) in [4.78, 5) is 44.3. The monoisotopic (exact) mass is 647 g/mol. The number of nitrogens with one attached hydrogen (secondary N) is 1. The highest BCUT2D eigenvalue weighted by Gasteiger charge is 2.42. The average Bonchev–Trinajstić information content (AvgIpc) is 3.00. The van der Waals surface area contributed by atoms with Gasteiger partial charge < -0.3 is 14.8 Å². The molecule has 2 aliphatic rings. The molecule has 0 aliphatic carbocycles. The standard InChI is InChI=1S/C32H30ClF4N3O5/c1-17-4-3-5-25(40-13-11-26(45-31(40)43)28-21(32(35,36)37)8-9-22(33)29(28)34)24-16-19(10-12-38-24)20-7-6-18(15-27(41)44-2)14-23(20)39-30(17)42/h6-10,12,14,16-17,25-26H,3-5,11,13,15H2,1-2H3,(H,39,42)/t17-,25+,26?/m1/s1. The third-order valence-corrected chi connectivity index (χ3v) is 8.45. The number of anilines is 1. The summed E-state index contributed by atoms with van der Waals surface area (Å²) in [5.41, 5.74) is 0.926. The number of benzene rings is 2. The first-order valence-corrected chi connectivity index (χ1v) is 14.7. The molecule has 238 valence electrons. The lowest BCUT2D eigenvalue weighted by atomic mass is 9.93. The number of cyclic esters (lactones) is 1.